The first-order chi connectivity index (χ1) is 2.89. The standard InChI is InChI=1S/C5H10N.Y/c1-5-2-3-6-4-5;/h5H,2-4H2,1H3;/q-1;. The summed E-state index contributed by atoms with van der Waals surface area (Å²) in [4.78, 5) is 0. The summed E-state index contributed by atoms with van der Waals surface area (Å²) < 4.78 is 0. The summed E-state index contributed by atoms with van der Waals surface area (Å²) in [5, 5.41) is 4.16. The van der Waals surface area contributed by atoms with E-state index in [0.717, 1.165) is 19.0 Å². The second-order valence-corrected chi connectivity index (χ2v) is 2.02. The Hall–Kier alpha value is 1.06. The molecule has 2 heteroatoms. The van der Waals surface area contributed by atoms with Gasteiger partial charge >= 0.3 is 0 Å². The van der Waals surface area contributed by atoms with Crippen LogP contribution in [-0.4, -0.2) is 13.1 Å². The van der Waals surface area contributed by atoms with Gasteiger partial charge in [-0.2, -0.15) is 0 Å². The third kappa shape index (κ3) is 2.79. The third-order valence-corrected chi connectivity index (χ3v) is 1.22. The molecule has 1 heterocycles. The fourth-order valence-electron chi connectivity index (χ4n) is 0.715. The normalized spacial score (nSPS) is 29.6. The second-order valence-electron chi connectivity index (χ2n) is 2.02. The summed E-state index contributed by atoms with van der Waals surface area (Å²) in [6.07, 6.45) is 1.32. The van der Waals surface area contributed by atoms with Crippen LogP contribution >= 0.6 is 0 Å². The predicted octanol–water partition coefficient (Wildman–Crippen LogP) is 1.40. The van der Waals surface area contributed by atoms with Crippen molar-refractivity contribution in [1.29, 1.82) is 0 Å². The van der Waals surface area contributed by atoms with Gasteiger partial charge in [-0.1, -0.05) is 19.3 Å². The van der Waals surface area contributed by atoms with Crippen molar-refractivity contribution in [2.45, 2.75) is 13.3 Å². The molecule has 1 rings (SSSR count). The van der Waals surface area contributed by atoms with E-state index in [1.54, 1.807) is 0 Å². The zero-order valence-corrected chi connectivity index (χ0v) is 7.56. The Morgan fingerprint density at radius 2 is 2.29 bits per heavy atom. The summed E-state index contributed by atoms with van der Waals surface area (Å²) in [5.74, 6) is 0.880. The van der Waals surface area contributed by atoms with Gasteiger partial charge in [-0.15, -0.1) is 13.1 Å². The van der Waals surface area contributed by atoms with Crippen LogP contribution in [0.15, 0.2) is 0 Å². The Balaban J connectivity index is 0.000000360. The van der Waals surface area contributed by atoms with Crippen molar-refractivity contribution >= 4 is 0 Å². The van der Waals surface area contributed by atoms with Crippen LogP contribution in [0.3, 0.4) is 0 Å². The monoisotopic (exact) mass is 173 g/mol. The first-order valence-corrected chi connectivity index (χ1v) is 2.53. The van der Waals surface area contributed by atoms with Crippen molar-refractivity contribution in [3.05, 3.63) is 5.32 Å². The van der Waals surface area contributed by atoms with E-state index in [1.165, 1.54) is 6.42 Å². The van der Waals surface area contributed by atoms with Crippen LogP contribution in [0.4, 0.5) is 0 Å². The average molecular weight is 173 g/mol. The third-order valence-electron chi connectivity index (χ3n) is 1.22. The molecule has 1 saturated heterocycles. The molecule has 0 N–H and O–H groups in total. The molecule has 0 bridgehead atoms. The van der Waals surface area contributed by atoms with E-state index in [9.17, 15) is 0 Å². The Morgan fingerprint density at radius 3 is 2.43 bits per heavy atom. The van der Waals surface area contributed by atoms with E-state index in [0.29, 0.717) is 0 Å². The average Bonchev–Trinajstić information content (AvgIpc) is 1.86. The molecule has 7 heavy (non-hydrogen) atoms. The summed E-state index contributed by atoms with van der Waals surface area (Å²) >= 11 is 0. The molecule has 0 amide bonds. The predicted molar refractivity (Wildman–Crippen MR) is 26.9 cm³/mol. The summed E-state index contributed by atoms with van der Waals surface area (Å²) in [6.45, 7) is 4.47. The van der Waals surface area contributed by atoms with Gasteiger partial charge in [0.15, 0.2) is 0 Å². The van der Waals surface area contributed by atoms with Crippen molar-refractivity contribution < 1.29 is 32.7 Å². The molecule has 0 spiro atoms. The largest absolute Gasteiger partial charge is 0.662 e. The maximum absolute atomic E-state index is 4.16. The molecule has 0 aromatic carbocycles. The maximum Gasteiger partial charge on any atom is 0 e. The Labute approximate surface area is 70.1 Å². The molecular formula is C5H10NY-. The van der Waals surface area contributed by atoms with Crippen LogP contribution < -0.4 is 0 Å². The fourth-order valence-corrected chi connectivity index (χ4v) is 0.715. The van der Waals surface area contributed by atoms with Gasteiger partial charge in [0, 0.05) is 32.7 Å². The first kappa shape index (κ1) is 8.06. The van der Waals surface area contributed by atoms with Gasteiger partial charge in [-0.25, -0.2) is 0 Å². The van der Waals surface area contributed by atoms with Crippen molar-refractivity contribution in [3.8, 4) is 0 Å². The molecule has 1 atom stereocenters. The zero-order valence-electron chi connectivity index (χ0n) is 4.72. The van der Waals surface area contributed by atoms with Gasteiger partial charge in [-0.3, -0.25) is 0 Å². The Morgan fingerprint density at radius 1 is 1.57 bits per heavy atom. The van der Waals surface area contributed by atoms with E-state index < -0.39 is 0 Å². The van der Waals surface area contributed by atoms with E-state index in [4.69, 9.17) is 0 Å². The molecule has 0 aromatic heterocycles. The maximum atomic E-state index is 4.16. The van der Waals surface area contributed by atoms with Gasteiger partial charge in [0.2, 0.25) is 0 Å². The molecule has 39 valence electrons. The summed E-state index contributed by atoms with van der Waals surface area (Å²) in [5.41, 5.74) is 0. The van der Waals surface area contributed by atoms with Crippen molar-refractivity contribution in [2.24, 2.45) is 5.92 Å². The van der Waals surface area contributed by atoms with Gasteiger partial charge in [0.1, 0.15) is 0 Å². The van der Waals surface area contributed by atoms with E-state index in [2.05, 4.69) is 12.2 Å². The van der Waals surface area contributed by atoms with Crippen LogP contribution in [-0.2, 0) is 32.7 Å². The Kier molecular flexibility index (Phi) is 4.60. The number of rotatable bonds is 0. The fraction of sp³-hybridized carbons (Fsp3) is 1.00. The van der Waals surface area contributed by atoms with Crippen molar-refractivity contribution in [1.82, 2.24) is 0 Å². The van der Waals surface area contributed by atoms with Crippen LogP contribution in [0.1, 0.15) is 13.3 Å². The molecular weight excluding hydrogens is 163 g/mol. The Bertz CT molecular complexity index is 41.3. The summed E-state index contributed by atoms with van der Waals surface area (Å²) in [7, 11) is 0. The minimum absolute atomic E-state index is 0. The molecule has 0 saturated carbocycles. The number of hydrogen-bond donors (Lipinski definition) is 0. The molecule has 1 unspecified atom stereocenters. The van der Waals surface area contributed by atoms with E-state index in [1.807, 2.05) is 0 Å². The van der Waals surface area contributed by atoms with Crippen LogP contribution in [0.25, 0.3) is 5.32 Å². The molecule has 1 aliphatic heterocycles. The number of nitrogens with zero attached hydrogens (tertiary/aromatic N) is 1. The van der Waals surface area contributed by atoms with Crippen LogP contribution in [0.5, 0.6) is 0 Å². The van der Waals surface area contributed by atoms with E-state index in [-0.39, 0.29) is 32.7 Å². The molecule has 1 aliphatic rings. The smallest absolute Gasteiger partial charge is 0 e. The van der Waals surface area contributed by atoms with Gasteiger partial charge in [0.25, 0.3) is 0 Å². The second kappa shape index (κ2) is 3.99. The molecule has 1 radical (unpaired) electrons. The zero-order chi connectivity index (χ0) is 4.41. The van der Waals surface area contributed by atoms with Gasteiger partial charge < -0.3 is 5.32 Å². The van der Waals surface area contributed by atoms with Crippen LogP contribution in [0.2, 0.25) is 0 Å². The van der Waals surface area contributed by atoms with Crippen molar-refractivity contribution in [2.75, 3.05) is 13.1 Å². The SMILES string of the molecule is CC1CC[N-]C1.[Y]. The number of hydrogen-bond acceptors (Lipinski definition) is 0. The van der Waals surface area contributed by atoms with Gasteiger partial charge in [-0.05, 0) is 0 Å². The molecule has 0 aliphatic carbocycles. The molecule has 1 nitrogen and oxygen atoms in total. The van der Waals surface area contributed by atoms with Crippen LogP contribution in [0, 0.1) is 5.92 Å². The molecule has 1 fully saturated rings. The molecule has 0 aromatic rings. The quantitative estimate of drug-likeness (QED) is 0.525. The topological polar surface area (TPSA) is 14.1 Å². The summed E-state index contributed by atoms with van der Waals surface area (Å²) in [6, 6.07) is 0. The first-order valence-electron chi connectivity index (χ1n) is 2.53. The van der Waals surface area contributed by atoms with E-state index >= 15 is 0 Å². The minimum atomic E-state index is 0. The minimum Gasteiger partial charge on any atom is -0.662 e. The van der Waals surface area contributed by atoms with Gasteiger partial charge in [0.05, 0.1) is 0 Å². The van der Waals surface area contributed by atoms with Crippen molar-refractivity contribution in [3.63, 3.8) is 0 Å².